The van der Waals surface area contributed by atoms with Gasteiger partial charge in [0.1, 0.15) is 11.9 Å². The van der Waals surface area contributed by atoms with Crippen LogP contribution in [0.25, 0.3) is 0 Å². The molecule has 2 aromatic rings. The number of nitrogens with zero attached hydrogens (tertiary/aromatic N) is 3. The van der Waals surface area contributed by atoms with Crippen LogP contribution >= 0.6 is 0 Å². The first-order valence-electron chi connectivity index (χ1n) is 8.59. The Balaban J connectivity index is 1.65. The predicted molar refractivity (Wildman–Crippen MR) is 91.0 cm³/mol. The molecule has 1 saturated heterocycles. The fraction of sp³-hybridized carbons (Fsp3) is 0.588. The Morgan fingerprint density at radius 3 is 2.88 bits per heavy atom. The fourth-order valence-corrected chi connectivity index (χ4v) is 3.39. The highest BCUT2D eigenvalue weighted by Crippen LogP contribution is 2.29. The van der Waals surface area contributed by atoms with Crippen molar-refractivity contribution in [2.24, 2.45) is 7.05 Å². The molecule has 0 bridgehead atoms. The number of amides is 2. The molecule has 25 heavy (non-hydrogen) atoms. The molecule has 2 N–H and O–H groups in total. The van der Waals surface area contributed by atoms with Gasteiger partial charge in [0.05, 0.1) is 24.0 Å². The Hall–Kier alpha value is -2.35. The SMILES string of the molecule is CCC(NC(=O)N[C@H]1CCO[C@@H]1c1cnn(C)c1)c1c(C)noc1C. The average Bonchev–Trinajstić information content (AvgIpc) is 3.27. The van der Waals surface area contributed by atoms with Gasteiger partial charge < -0.3 is 19.9 Å². The summed E-state index contributed by atoms with van der Waals surface area (Å²) in [5, 5.41) is 14.2. The fourth-order valence-electron chi connectivity index (χ4n) is 3.39. The van der Waals surface area contributed by atoms with Crippen molar-refractivity contribution in [3.8, 4) is 0 Å². The van der Waals surface area contributed by atoms with E-state index in [0.29, 0.717) is 6.61 Å². The van der Waals surface area contributed by atoms with Gasteiger partial charge in [-0.1, -0.05) is 12.1 Å². The van der Waals surface area contributed by atoms with Crippen molar-refractivity contribution in [3.05, 3.63) is 35.0 Å². The van der Waals surface area contributed by atoms with Gasteiger partial charge in [-0.2, -0.15) is 5.10 Å². The molecule has 0 aliphatic carbocycles. The van der Waals surface area contributed by atoms with Crippen LogP contribution in [0.2, 0.25) is 0 Å². The molecule has 8 nitrogen and oxygen atoms in total. The van der Waals surface area contributed by atoms with E-state index in [0.717, 1.165) is 35.4 Å². The lowest BCUT2D eigenvalue weighted by Crippen LogP contribution is -2.44. The molecule has 1 unspecified atom stereocenters. The van der Waals surface area contributed by atoms with Crippen molar-refractivity contribution in [2.75, 3.05) is 6.61 Å². The van der Waals surface area contributed by atoms with Crippen molar-refractivity contribution in [1.29, 1.82) is 0 Å². The van der Waals surface area contributed by atoms with Crippen LogP contribution in [0.15, 0.2) is 16.9 Å². The lowest BCUT2D eigenvalue weighted by Gasteiger charge is -2.22. The highest BCUT2D eigenvalue weighted by molar-refractivity contribution is 5.75. The van der Waals surface area contributed by atoms with E-state index >= 15 is 0 Å². The zero-order valence-electron chi connectivity index (χ0n) is 15.1. The Bertz CT molecular complexity index is 719. The smallest absolute Gasteiger partial charge is 0.315 e. The molecule has 1 fully saturated rings. The van der Waals surface area contributed by atoms with Crippen molar-refractivity contribution in [3.63, 3.8) is 0 Å². The van der Waals surface area contributed by atoms with E-state index in [4.69, 9.17) is 9.26 Å². The summed E-state index contributed by atoms with van der Waals surface area (Å²) in [4.78, 5) is 12.5. The Morgan fingerprint density at radius 2 is 2.28 bits per heavy atom. The monoisotopic (exact) mass is 347 g/mol. The molecule has 1 aliphatic rings. The molecular formula is C17H25N5O3. The molecule has 0 saturated carbocycles. The van der Waals surface area contributed by atoms with Gasteiger partial charge >= 0.3 is 6.03 Å². The molecule has 8 heteroatoms. The normalized spacial score (nSPS) is 21.3. The minimum Gasteiger partial charge on any atom is -0.371 e. The van der Waals surface area contributed by atoms with Crippen LogP contribution < -0.4 is 10.6 Å². The number of aryl methyl sites for hydroxylation is 3. The number of aromatic nitrogens is 3. The van der Waals surface area contributed by atoms with E-state index in [1.807, 2.05) is 34.0 Å². The van der Waals surface area contributed by atoms with Gasteiger partial charge in [-0.05, 0) is 26.7 Å². The maximum absolute atomic E-state index is 12.5. The second kappa shape index (κ2) is 7.26. The van der Waals surface area contributed by atoms with E-state index in [2.05, 4.69) is 20.9 Å². The van der Waals surface area contributed by atoms with Crippen molar-refractivity contribution >= 4 is 6.03 Å². The van der Waals surface area contributed by atoms with E-state index in [-0.39, 0.29) is 24.2 Å². The summed E-state index contributed by atoms with van der Waals surface area (Å²) >= 11 is 0. The van der Waals surface area contributed by atoms with Crippen LogP contribution in [0, 0.1) is 13.8 Å². The lowest BCUT2D eigenvalue weighted by atomic mass is 10.0. The molecule has 136 valence electrons. The van der Waals surface area contributed by atoms with Gasteiger partial charge in [-0.3, -0.25) is 4.68 Å². The molecule has 1 aliphatic heterocycles. The molecule has 0 aromatic carbocycles. The molecule has 3 rings (SSSR count). The van der Waals surface area contributed by atoms with Gasteiger partial charge in [0.25, 0.3) is 0 Å². The molecule has 0 radical (unpaired) electrons. The summed E-state index contributed by atoms with van der Waals surface area (Å²) in [6.45, 7) is 6.39. The van der Waals surface area contributed by atoms with Gasteiger partial charge in [0, 0.05) is 31.0 Å². The average molecular weight is 347 g/mol. The third-order valence-corrected chi connectivity index (χ3v) is 4.61. The van der Waals surface area contributed by atoms with Crippen LogP contribution in [-0.4, -0.2) is 33.6 Å². The molecule has 0 spiro atoms. The van der Waals surface area contributed by atoms with E-state index in [1.165, 1.54) is 0 Å². The van der Waals surface area contributed by atoms with Gasteiger partial charge in [-0.25, -0.2) is 4.79 Å². The summed E-state index contributed by atoms with van der Waals surface area (Å²) < 4.78 is 12.7. The number of hydrogen-bond donors (Lipinski definition) is 2. The second-order valence-electron chi connectivity index (χ2n) is 6.45. The quantitative estimate of drug-likeness (QED) is 0.865. The number of ether oxygens (including phenoxy) is 1. The van der Waals surface area contributed by atoms with Crippen molar-refractivity contribution in [2.45, 2.75) is 51.8 Å². The third-order valence-electron chi connectivity index (χ3n) is 4.61. The number of nitrogens with one attached hydrogen (secondary N) is 2. The van der Waals surface area contributed by atoms with Crippen molar-refractivity contribution < 1.29 is 14.1 Å². The van der Waals surface area contributed by atoms with E-state index < -0.39 is 0 Å². The molecule has 3 heterocycles. The predicted octanol–water partition coefficient (Wildman–Crippen LogP) is 2.31. The topological polar surface area (TPSA) is 94.2 Å². The minimum atomic E-state index is -0.212. The first-order valence-corrected chi connectivity index (χ1v) is 8.59. The van der Waals surface area contributed by atoms with Gasteiger partial charge in [0.15, 0.2) is 0 Å². The number of carbonyl (C=O) groups is 1. The van der Waals surface area contributed by atoms with Gasteiger partial charge in [-0.15, -0.1) is 0 Å². The summed E-state index contributed by atoms with van der Waals surface area (Å²) in [6, 6.07) is -0.423. The Labute approximate surface area is 146 Å². The Kier molecular flexibility index (Phi) is 5.08. The second-order valence-corrected chi connectivity index (χ2v) is 6.45. The van der Waals surface area contributed by atoms with Crippen LogP contribution in [0.1, 0.15) is 54.5 Å². The van der Waals surface area contributed by atoms with Crippen LogP contribution in [0.4, 0.5) is 4.79 Å². The number of hydrogen-bond acceptors (Lipinski definition) is 5. The largest absolute Gasteiger partial charge is 0.371 e. The highest BCUT2D eigenvalue weighted by Gasteiger charge is 2.32. The van der Waals surface area contributed by atoms with Crippen LogP contribution in [0.5, 0.6) is 0 Å². The molecular weight excluding hydrogens is 322 g/mol. The van der Waals surface area contributed by atoms with Crippen molar-refractivity contribution in [1.82, 2.24) is 25.6 Å². The summed E-state index contributed by atoms with van der Waals surface area (Å²) in [7, 11) is 1.86. The lowest BCUT2D eigenvalue weighted by molar-refractivity contribution is 0.0997. The summed E-state index contributed by atoms with van der Waals surface area (Å²) in [6.07, 6.45) is 5.06. The number of carbonyl (C=O) groups excluding carboxylic acids is 1. The maximum atomic E-state index is 12.5. The minimum absolute atomic E-state index is 0.0774. The number of urea groups is 1. The Morgan fingerprint density at radius 1 is 1.48 bits per heavy atom. The molecule has 2 aromatic heterocycles. The van der Waals surface area contributed by atoms with Gasteiger partial charge in [0.2, 0.25) is 0 Å². The molecule has 2 amide bonds. The summed E-state index contributed by atoms with van der Waals surface area (Å²) in [5.41, 5.74) is 2.73. The van der Waals surface area contributed by atoms with Crippen LogP contribution in [0.3, 0.4) is 0 Å². The maximum Gasteiger partial charge on any atom is 0.315 e. The zero-order valence-corrected chi connectivity index (χ0v) is 15.1. The highest BCUT2D eigenvalue weighted by atomic mass is 16.5. The number of rotatable bonds is 5. The first-order chi connectivity index (χ1) is 12.0. The molecule has 3 atom stereocenters. The zero-order chi connectivity index (χ0) is 18.0. The van der Waals surface area contributed by atoms with E-state index in [1.54, 1.807) is 10.9 Å². The third kappa shape index (κ3) is 3.68. The van der Waals surface area contributed by atoms with Crippen LogP contribution in [-0.2, 0) is 11.8 Å². The summed E-state index contributed by atoms with van der Waals surface area (Å²) in [5.74, 6) is 0.738. The standard InChI is InChI=1S/C17H25N5O3/c1-5-13(15-10(2)21-25-11(15)3)19-17(23)20-14-6-7-24-16(14)12-8-18-22(4)9-12/h8-9,13-14,16H,5-7H2,1-4H3,(H2,19,20,23)/t13?,14-,16+/m0/s1. The van der Waals surface area contributed by atoms with E-state index in [9.17, 15) is 4.79 Å². The first kappa shape index (κ1) is 17.5.